The van der Waals surface area contributed by atoms with Crippen LogP contribution in [-0.2, 0) is 32.3 Å². The number of aromatic hydroxyl groups is 1. The summed E-state index contributed by atoms with van der Waals surface area (Å²) in [7, 11) is 0. The van der Waals surface area contributed by atoms with Crippen molar-refractivity contribution in [1.29, 1.82) is 0 Å². The number of thiocarbonyl (C=S) groups is 1. The van der Waals surface area contributed by atoms with Gasteiger partial charge in [0.1, 0.15) is 5.75 Å². The van der Waals surface area contributed by atoms with E-state index < -0.39 is 74.7 Å². The van der Waals surface area contributed by atoms with Crippen LogP contribution < -0.4 is 0 Å². The fourth-order valence-electron chi connectivity index (χ4n) is 3.65. The predicted octanol–water partition coefficient (Wildman–Crippen LogP) is 1.30. The van der Waals surface area contributed by atoms with Crippen molar-refractivity contribution in [3.8, 4) is 5.75 Å². The van der Waals surface area contributed by atoms with Crippen LogP contribution >= 0.6 is 12.2 Å². The first-order valence-corrected chi connectivity index (χ1v) is 11.2. The van der Waals surface area contributed by atoms with Crippen LogP contribution in [0.25, 0.3) is 0 Å². The Hall–Kier alpha value is -4.49. The molecule has 0 unspecified atom stereocenters. The number of carboxylic acid groups (broad SMARTS) is 4. The molecule has 0 aliphatic rings. The zero-order valence-electron chi connectivity index (χ0n) is 19.7. The molecule has 0 aliphatic carbocycles. The number of hydrogen-bond acceptors (Lipinski definition) is 10. The van der Waals surface area contributed by atoms with Crippen molar-refractivity contribution >= 4 is 52.7 Å². The largest absolute Gasteiger partial charge is 0.507 e. The molecule has 5 N–H and O–H groups in total. The molecule has 0 heterocycles. The Balaban J connectivity index is 2.62. The molecular weight excluding hydrogens is 522 g/mol. The number of rotatable bonds is 15. The molecular formula is C24H23N3O10S. The Kier molecular flexibility index (Phi) is 10.7. The maximum absolute atomic E-state index is 13.3. The van der Waals surface area contributed by atoms with Gasteiger partial charge in [-0.1, -0.05) is 12.1 Å². The summed E-state index contributed by atoms with van der Waals surface area (Å²) in [5.74, 6) is -6.35. The van der Waals surface area contributed by atoms with Gasteiger partial charge in [0.05, 0.1) is 37.0 Å². The zero-order valence-corrected chi connectivity index (χ0v) is 20.6. The van der Waals surface area contributed by atoms with Crippen molar-refractivity contribution in [2.24, 2.45) is 4.99 Å². The fraction of sp³-hybridized carbons (Fsp3) is 0.250. The van der Waals surface area contributed by atoms with E-state index in [4.69, 9.17) is 20.4 Å². The van der Waals surface area contributed by atoms with E-state index in [0.29, 0.717) is 5.69 Å². The van der Waals surface area contributed by atoms with Gasteiger partial charge in [0.15, 0.2) is 5.78 Å². The molecule has 200 valence electrons. The molecule has 0 aliphatic heterocycles. The second-order valence-electron chi connectivity index (χ2n) is 8.09. The van der Waals surface area contributed by atoms with Crippen molar-refractivity contribution < 1.29 is 49.5 Å². The van der Waals surface area contributed by atoms with Crippen molar-refractivity contribution in [3.63, 3.8) is 0 Å². The summed E-state index contributed by atoms with van der Waals surface area (Å²) in [5.41, 5.74) is 0.458. The molecule has 38 heavy (non-hydrogen) atoms. The third kappa shape index (κ3) is 9.19. The van der Waals surface area contributed by atoms with Gasteiger partial charge in [0.2, 0.25) is 0 Å². The van der Waals surface area contributed by atoms with Crippen LogP contribution in [0.4, 0.5) is 5.69 Å². The standard InChI is InChI=1S/C24H23N3O10S/c28-19(29)9-26(10-20(30)31)7-16-4-15(23(36)14-2-1-3-18(6-14)25-13-38)5-17(24(16)37)8-27(11-21(32)33)12-22(34)35/h1-6,37H,7-12H2,(H,28,29)(H,30,31)(H,32,33)(H,34,35). The van der Waals surface area contributed by atoms with Gasteiger partial charge in [-0.2, -0.15) is 4.99 Å². The first kappa shape index (κ1) is 29.7. The Morgan fingerprint density at radius 3 is 1.58 bits per heavy atom. The summed E-state index contributed by atoms with van der Waals surface area (Å²) in [6, 6.07) is 8.55. The number of nitrogens with zero attached hydrogens (tertiary/aromatic N) is 3. The average molecular weight is 546 g/mol. The van der Waals surface area contributed by atoms with Crippen molar-refractivity contribution in [2.75, 3.05) is 26.2 Å². The number of aliphatic imine (C=N–C) groups is 1. The first-order valence-electron chi connectivity index (χ1n) is 10.8. The van der Waals surface area contributed by atoms with E-state index in [0.717, 1.165) is 9.80 Å². The molecule has 2 aromatic rings. The maximum atomic E-state index is 13.3. The van der Waals surface area contributed by atoms with Crippen molar-refractivity contribution in [2.45, 2.75) is 13.1 Å². The highest BCUT2D eigenvalue weighted by atomic mass is 32.1. The minimum atomic E-state index is -1.33. The Morgan fingerprint density at radius 1 is 0.737 bits per heavy atom. The monoisotopic (exact) mass is 545 g/mol. The molecule has 0 bridgehead atoms. The summed E-state index contributed by atoms with van der Waals surface area (Å²) >= 11 is 4.58. The highest BCUT2D eigenvalue weighted by Crippen LogP contribution is 2.29. The van der Waals surface area contributed by atoms with E-state index >= 15 is 0 Å². The lowest BCUT2D eigenvalue weighted by Gasteiger charge is -2.23. The number of hydrogen-bond donors (Lipinski definition) is 5. The van der Waals surface area contributed by atoms with E-state index in [1.807, 2.05) is 0 Å². The maximum Gasteiger partial charge on any atom is 0.317 e. The van der Waals surface area contributed by atoms with Crippen LogP contribution in [0.15, 0.2) is 41.4 Å². The fourth-order valence-corrected chi connectivity index (χ4v) is 3.76. The van der Waals surface area contributed by atoms with Crippen LogP contribution in [0, 0.1) is 0 Å². The van der Waals surface area contributed by atoms with Crippen molar-refractivity contribution in [1.82, 2.24) is 9.80 Å². The van der Waals surface area contributed by atoms with Crippen LogP contribution in [0.5, 0.6) is 5.75 Å². The molecule has 13 nitrogen and oxygen atoms in total. The quantitative estimate of drug-likeness (QED) is 0.122. The number of benzene rings is 2. The predicted molar refractivity (Wildman–Crippen MR) is 134 cm³/mol. The average Bonchev–Trinajstić information content (AvgIpc) is 2.79. The Morgan fingerprint density at radius 2 is 1.18 bits per heavy atom. The number of isothiocyanates is 1. The van der Waals surface area contributed by atoms with Gasteiger partial charge in [-0.25, -0.2) is 0 Å². The summed E-state index contributed by atoms with van der Waals surface area (Å²) < 4.78 is 0. The minimum absolute atomic E-state index is 0.00696. The van der Waals surface area contributed by atoms with Gasteiger partial charge in [0, 0.05) is 35.3 Å². The minimum Gasteiger partial charge on any atom is -0.507 e. The van der Waals surface area contributed by atoms with E-state index in [9.17, 15) is 29.1 Å². The van der Waals surface area contributed by atoms with Gasteiger partial charge in [-0.15, -0.1) is 0 Å². The summed E-state index contributed by atoms with van der Waals surface area (Å²) in [6.07, 6.45) is 0. The van der Waals surface area contributed by atoms with Gasteiger partial charge < -0.3 is 25.5 Å². The number of carboxylic acids is 4. The molecule has 2 rings (SSSR count). The molecule has 14 heteroatoms. The smallest absolute Gasteiger partial charge is 0.317 e. The van der Waals surface area contributed by atoms with Crippen LogP contribution in [0.1, 0.15) is 27.0 Å². The number of aliphatic carboxylic acids is 4. The normalized spacial score (nSPS) is 10.7. The van der Waals surface area contributed by atoms with Crippen LogP contribution in [0.3, 0.4) is 0 Å². The van der Waals surface area contributed by atoms with E-state index in [1.54, 1.807) is 12.1 Å². The molecule has 0 aromatic heterocycles. The van der Waals surface area contributed by atoms with Crippen LogP contribution in [0.2, 0.25) is 0 Å². The van der Waals surface area contributed by atoms with Crippen molar-refractivity contribution in [3.05, 3.63) is 58.7 Å². The third-order valence-corrected chi connectivity index (χ3v) is 5.13. The molecule has 0 spiro atoms. The third-order valence-electron chi connectivity index (χ3n) is 5.04. The lowest BCUT2D eigenvalue weighted by molar-refractivity contribution is -0.144. The molecule has 0 radical (unpaired) electrons. The molecule has 0 saturated carbocycles. The number of carbonyl (C=O) groups is 5. The summed E-state index contributed by atoms with van der Waals surface area (Å²) in [5, 5.41) is 49.7. The highest BCUT2D eigenvalue weighted by Gasteiger charge is 2.23. The second kappa shape index (κ2) is 13.7. The number of ketones is 1. The number of phenols is 1. The molecule has 0 saturated heterocycles. The highest BCUT2D eigenvalue weighted by molar-refractivity contribution is 7.78. The van der Waals surface area contributed by atoms with E-state index in [-0.39, 0.29) is 22.3 Å². The lowest BCUT2D eigenvalue weighted by Crippen LogP contribution is -2.35. The Labute approximate surface area is 220 Å². The molecule has 0 atom stereocenters. The summed E-state index contributed by atoms with van der Waals surface area (Å²) in [4.78, 5) is 64.1. The summed E-state index contributed by atoms with van der Waals surface area (Å²) in [6.45, 7) is -3.57. The topological polar surface area (TPSA) is 205 Å². The molecule has 0 fully saturated rings. The number of carbonyl (C=O) groups excluding carboxylic acids is 1. The van der Waals surface area contributed by atoms with Gasteiger partial charge in [-0.3, -0.25) is 33.8 Å². The first-order chi connectivity index (χ1) is 17.9. The van der Waals surface area contributed by atoms with Gasteiger partial charge in [-0.05, 0) is 36.5 Å². The molecule has 0 amide bonds. The molecule has 2 aromatic carbocycles. The van der Waals surface area contributed by atoms with E-state index in [1.165, 1.54) is 24.3 Å². The van der Waals surface area contributed by atoms with Crippen LogP contribution in [-0.4, -0.2) is 96.3 Å². The van der Waals surface area contributed by atoms with E-state index in [2.05, 4.69) is 22.4 Å². The zero-order chi connectivity index (χ0) is 28.4. The SMILES string of the molecule is O=C(O)CN(CC(=O)O)Cc1cc(C(=O)c2cccc(N=C=S)c2)cc(CN(CC(=O)O)CC(=O)O)c1O. The lowest BCUT2D eigenvalue weighted by atomic mass is 9.96. The second-order valence-corrected chi connectivity index (χ2v) is 8.27. The Bertz CT molecular complexity index is 1220. The van der Waals surface area contributed by atoms with Gasteiger partial charge >= 0.3 is 23.9 Å². The number of phenolic OH excluding ortho intramolecular Hbond substituents is 1. The van der Waals surface area contributed by atoms with Gasteiger partial charge in [0.25, 0.3) is 0 Å².